The molecule has 2 amide bonds. The third kappa shape index (κ3) is 6.60. The van der Waals surface area contributed by atoms with Gasteiger partial charge in [-0.25, -0.2) is 4.79 Å². The number of carbonyl (C=O) groups excluding carboxylic acids is 1. The molecule has 17 heavy (non-hydrogen) atoms. The van der Waals surface area contributed by atoms with Gasteiger partial charge in [-0.1, -0.05) is 26.8 Å². The second-order valence-electron chi connectivity index (χ2n) is 4.74. The van der Waals surface area contributed by atoms with Crippen LogP contribution in [-0.4, -0.2) is 41.6 Å². The Labute approximate surface area is 102 Å². The first-order valence-corrected chi connectivity index (χ1v) is 5.68. The highest BCUT2D eigenvalue weighted by atomic mass is 16.4. The predicted molar refractivity (Wildman–Crippen MR) is 66.9 cm³/mol. The Bertz CT molecular complexity index is 287. The number of aliphatic carboxylic acids is 1. The molecule has 0 atom stereocenters. The summed E-state index contributed by atoms with van der Waals surface area (Å²) in [5, 5.41) is 11.4. The average Bonchev–Trinajstić information content (AvgIpc) is 2.25. The second-order valence-corrected chi connectivity index (χ2v) is 4.74. The van der Waals surface area contributed by atoms with E-state index in [1.165, 1.54) is 11.0 Å². The molecule has 0 heterocycles. The van der Waals surface area contributed by atoms with Gasteiger partial charge in [0.05, 0.1) is 0 Å². The van der Waals surface area contributed by atoms with Crippen LogP contribution in [0.15, 0.2) is 12.7 Å². The number of nitrogens with one attached hydrogen (secondary N) is 1. The number of carbonyl (C=O) groups is 2. The Balaban J connectivity index is 4.32. The van der Waals surface area contributed by atoms with E-state index in [1.807, 2.05) is 20.8 Å². The van der Waals surface area contributed by atoms with Crippen LogP contribution in [0.2, 0.25) is 0 Å². The summed E-state index contributed by atoms with van der Waals surface area (Å²) in [6.07, 6.45) is 2.45. The van der Waals surface area contributed by atoms with Crippen LogP contribution in [0, 0.1) is 5.41 Å². The maximum absolute atomic E-state index is 11.7. The van der Waals surface area contributed by atoms with E-state index in [9.17, 15) is 9.59 Å². The number of urea groups is 1. The molecule has 0 aromatic carbocycles. The minimum absolute atomic E-state index is 0.0126. The van der Waals surface area contributed by atoms with Crippen LogP contribution in [0.3, 0.4) is 0 Å². The molecule has 98 valence electrons. The molecule has 5 nitrogen and oxygen atoms in total. The van der Waals surface area contributed by atoms with E-state index in [-0.39, 0.29) is 24.5 Å². The molecule has 0 saturated heterocycles. The maximum Gasteiger partial charge on any atom is 0.323 e. The number of nitrogens with zero attached hydrogens (tertiary/aromatic N) is 1. The largest absolute Gasteiger partial charge is 0.480 e. The lowest BCUT2D eigenvalue weighted by Crippen LogP contribution is -2.45. The summed E-state index contributed by atoms with van der Waals surface area (Å²) in [6, 6.07) is -0.367. The molecule has 0 aliphatic heterocycles. The summed E-state index contributed by atoms with van der Waals surface area (Å²) in [4.78, 5) is 23.5. The Morgan fingerprint density at radius 1 is 1.47 bits per heavy atom. The number of rotatable bonds is 7. The lowest BCUT2D eigenvalue weighted by molar-refractivity contribution is -0.137. The van der Waals surface area contributed by atoms with E-state index in [0.29, 0.717) is 6.54 Å². The van der Waals surface area contributed by atoms with Gasteiger partial charge in [0.15, 0.2) is 0 Å². The Kier molecular flexibility index (Phi) is 6.31. The molecule has 0 rings (SSSR count). The Morgan fingerprint density at radius 3 is 2.47 bits per heavy atom. The molecule has 0 radical (unpaired) electrons. The first-order chi connectivity index (χ1) is 7.82. The van der Waals surface area contributed by atoms with Gasteiger partial charge < -0.3 is 15.3 Å². The number of hydrogen-bond acceptors (Lipinski definition) is 2. The monoisotopic (exact) mass is 242 g/mol. The van der Waals surface area contributed by atoms with Gasteiger partial charge in [0, 0.05) is 13.1 Å². The van der Waals surface area contributed by atoms with Crippen molar-refractivity contribution >= 4 is 12.0 Å². The highest BCUT2D eigenvalue weighted by molar-refractivity contribution is 5.80. The summed E-state index contributed by atoms with van der Waals surface area (Å²) < 4.78 is 0. The summed E-state index contributed by atoms with van der Waals surface area (Å²) in [5.74, 6) is -1.03. The molecule has 2 N–H and O–H groups in total. The van der Waals surface area contributed by atoms with E-state index >= 15 is 0 Å². The topological polar surface area (TPSA) is 69.6 Å². The standard InChI is InChI=1S/C12H22N2O3/c1-5-7-14(8-10(15)16)11(17)13-9-12(3,4)6-2/h5H,1,6-9H2,2-4H3,(H,13,17)(H,15,16). The molecule has 0 unspecified atom stereocenters. The number of amides is 2. The zero-order valence-corrected chi connectivity index (χ0v) is 10.8. The smallest absolute Gasteiger partial charge is 0.323 e. The van der Waals surface area contributed by atoms with Crippen LogP contribution in [0.1, 0.15) is 27.2 Å². The molecule has 0 aliphatic rings. The van der Waals surface area contributed by atoms with Crippen molar-refractivity contribution < 1.29 is 14.7 Å². The summed E-state index contributed by atoms with van der Waals surface area (Å²) in [5.41, 5.74) is 0.0126. The SMILES string of the molecule is C=CCN(CC(=O)O)C(=O)NCC(C)(C)CC. The normalized spacial score (nSPS) is 10.8. The van der Waals surface area contributed by atoms with E-state index in [4.69, 9.17) is 5.11 Å². The van der Waals surface area contributed by atoms with Gasteiger partial charge in [-0.15, -0.1) is 6.58 Å². The first kappa shape index (κ1) is 15.5. The van der Waals surface area contributed by atoms with Gasteiger partial charge in [-0.3, -0.25) is 4.79 Å². The van der Waals surface area contributed by atoms with Gasteiger partial charge in [-0.05, 0) is 11.8 Å². The van der Waals surface area contributed by atoms with Crippen LogP contribution in [-0.2, 0) is 4.79 Å². The van der Waals surface area contributed by atoms with Crippen molar-refractivity contribution in [2.75, 3.05) is 19.6 Å². The third-order valence-corrected chi connectivity index (χ3v) is 2.64. The zero-order chi connectivity index (χ0) is 13.5. The van der Waals surface area contributed by atoms with Crippen molar-refractivity contribution in [1.82, 2.24) is 10.2 Å². The van der Waals surface area contributed by atoms with Crippen molar-refractivity contribution in [3.63, 3.8) is 0 Å². The number of carboxylic acids is 1. The van der Waals surface area contributed by atoms with Gasteiger partial charge >= 0.3 is 12.0 Å². The second kappa shape index (κ2) is 6.93. The average molecular weight is 242 g/mol. The van der Waals surface area contributed by atoms with Gasteiger partial charge in [-0.2, -0.15) is 0 Å². The Hall–Kier alpha value is -1.52. The van der Waals surface area contributed by atoms with Crippen LogP contribution in [0.4, 0.5) is 4.79 Å². The first-order valence-electron chi connectivity index (χ1n) is 5.68. The Morgan fingerprint density at radius 2 is 2.06 bits per heavy atom. The molecule has 0 bridgehead atoms. The highest BCUT2D eigenvalue weighted by Crippen LogP contribution is 2.17. The van der Waals surface area contributed by atoms with Gasteiger partial charge in [0.2, 0.25) is 0 Å². The van der Waals surface area contributed by atoms with E-state index < -0.39 is 5.97 Å². The van der Waals surface area contributed by atoms with E-state index in [2.05, 4.69) is 11.9 Å². The zero-order valence-electron chi connectivity index (χ0n) is 10.8. The third-order valence-electron chi connectivity index (χ3n) is 2.64. The van der Waals surface area contributed by atoms with Crippen LogP contribution in [0.5, 0.6) is 0 Å². The molecule has 0 spiro atoms. The molecule has 5 heteroatoms. The fourth-order valence-corrected chi connectivity index (χ4v) is 1.09. The lowest BCUT2D eigenvalue weighted by atomic mass is 9.90. The van der Waals surface area contributed by atoms with Crippen LogP contribution < -0.4 is 5.32 Å². The molecule has 0 fully saturated rings. The van der Waals surface area contributed by atoms with Gasteiger partial charge in [0.1, 0.15) is 6.54 Å². The molecule has 0 saturated carbocycles. The number of hydrogen-bond donors (Lipinski definition) is 2. The minimum atomic E-state index is -1.03. The number of carboxylic acid groups (broad SMARTS) is 1. The highest BCUT2D eigenvalue weighted by Gasteiger charge is 2.19. The van der Waals surface area contributed by atoms with Crippen molar-refractivity contribution in [3.8, 4) is 0 Å². The molecular formula is C12H22N2O3. The quantitative estimate of drug-likeness (QED) is 0.668. The van der Waals surface area contributed by atoms with Crippen LogP contribution >= 0.6 is 0 Å². The van der Waals surface area contributed by atoms with Crippen molar-refractivity contribution in [2.45, 2.75) is 27.2 Å². The van der Waals surface area contributed by atoms with Crippen molar-refractivity contribution in [3.05, 3.63) is 12.7 Å². The van der Waals surface area contributed by atoms with E-state index in [1.54, 1.807) is 0 Å². The molecule has 0 aromatic rings. The fourth-order valence-electron chi connectivity index (χ4n) is 1.09. The molecule has 0 aromatic heterocycles. The summed E-state index contributed by atoms with van der Waals surface area (Å²) >= 11 is 0. The lowest BCUT2D eigenvalue weighted by Gasteiger charge is -2.26. The fraction of sp³-hybridized carbons (Fsp3) is 0.667. The molecule has 0 aliphatic carbocycles. The van der Waals surface area contributed by atoms with E-state index in [0.717, 1.165) is 6.42 Å². The maximum atomic E-state index is 11.7. The predicted octanol–water partition coefficient (Wildman–Crippen LogP) is 1.70. The molecular weight excluding hydrogens is 220 g/mol. The van der Waals surface area contributed by atoms with Gasteiger partial charge in [0.25, 0.3) is 0 Å². The van der Waals surface area contributed by atoms with Crippen molar-refractivity contribution in [1.29, 1.82) is 0 Å². The van der Waals surface area contributed by atoms with Crippen LogP contribution in [0.25, 0.3) is 0 Å². The summed E-state index contributed by atoms with van der Waals surface area (Å²) in [6.45, 7) is 10.1. The minimum Gasteiger partial charge on any atom is -0.480 e. The summed E-state index contributed by atoms with van der Waals surface area (Å²) in [7, 11) is 0. The van der Waals surface area contributed by atoms with Crippen molar-refractivity contribution in [2.24, 2.45) is 5.41 Å².